The highest BCUT2D eigenvalue weighted by Crippen LogP contribution is 2.54. The fraction of sp³-hybridized carbons (Fsp3) is 0.278. The Hall–Kier alpha value is -2.78. The van der Waals surface area contributed by atoms with E-state index in [1.165, 1.54) is 0 Å². The van der Waals surface area contributed by atoms with E-state index in [2.05, 4.69) is 15.9 Å². The van der Waals surface area contributed by atoms with Gasteiger partial charge in [-0.05, 0) is 23.8 Å². The molecule has 2 aromatic rings. The minimum atomic E-state index is -6.71. The number of carbonyl (C=O) groups is 1. The minimum absolute atomic E-state index is 0.233. The molecule has 0 amide bonds. The van der Waals surface area contributed by atoms with Gasteiger partial charge in [0.1, 0.15) is 0 Å². The van der Waals surface area contributed by atoms with Crippen LogP contribution < -0.4 is 0 Å². The number of nitro groups is 1. The zero-order chi connectivity index (χ0) is 26.4. The van der Waals surface area contributed by atoms with Gasteiger partial charge >= 0.3 is 29.9 Å². The van der Waals surface area contributed by atoms with Gasteiger partial charge in [-0.1, -0.05) is 22.0 Å². The van der Waals surface area contributed by atoms with Gasteiger partial charge < -0.3 is 0 Å². The van der Waals surface area contributed by atoms with E-state index in [9.17, 15) is 63.2 Å². The monoisotopic (exact) mass is 573 g/mol. The number of Topliss-reactive ketones (excluding diaryl/α,β-unsaturated/α-hetero) is 1. The molecule has 0 aliphatic carbocycles. The average Bonchev–Trinajstić information content (AvgIpc) is 2.65. The van der Waals surface area contributed by atoms with Gasteiger partial charge in [-0.25, -0.2) is 4.39 Å². The number of halogens is 12. The van der Waals surface area contributed by atoms with Crippen LogP contribution in [0.25, 0.3) is 0 Å². The molecule has 0 saturated carbocycles. The fourth-order valence-corrected chi connectivity index (χ4v) is 3.49. The van der Waals surface area contributed by atoms with Crippen LogP contribution in [-0.2, 0) is 18.3 Å². The van der Waals surface area contributed by atoms with Gasteiger partial charge in [0.2, 0.25) is 5.82 Å². The van der Waals surface area contributed by atoms with Crippen LogP contribution in [0, 0.1) is 15.9 Å². The van der Waals surface area contributed by atoms with Crippen molar-refractivity contribution >= 4 is 27.4 Å². The standard InChI is InChI=1S/C18H7BrF11NO3/c19-11-5-7(15(21,17(25,26)27)18(28,29)30)4-10(16(22,23)24)9(11)6-13(32)8-2-1-3-12(14(8)20)31(33)34/h1-5H,6H2. The van der Waals surface area contributed by atoms with Gasteiger partial charge in [0.25, 0.3) is 0 Å². The fourth-order valence-electron chi connectivity index (χ4n) is 2.89. The average molecular weight is 574 g/mol. The Morgan fingerprint density at radius 1 is 0.941 bits per heavy atom. The summed E-state index contributed by atoms with van der Waals surface area (Å²) in [5, 5.41) is 10.8. The minimum Gasteiger partial charge on any atom is -0.294 e. The van der Waals surface area contributed by atoms with Crippen molar-refractivity contribution in [2.24, 2.45) is 0 Å². The van der Waals surface area contributed by atoms with Crippen molar-refractivity contribution < 1.29 is 58.0 Å². The van der Waals surface area contributed by atoms with Crippen LogP contribution in [0.15, 0.2) is 34.8 Å². The summed E-state index contributed by atoms with van der Waals surface area (Å²) in [5.41, 5.74) is -14.4. The number of nitrogens with zero attached hydrogens (tertiary/aromatic N) is 1. The molecular weight excluding hydrogens is 567 g/mol. The number of hydrogen-bond acceptors (Lipinski definition) is 3. The Bertz CT molecular complexity index is 1130. The molecule has 0 saturated heterocycles. The van der Waals surface area contributed by atoms with Gasteiger partial charge in [0, 0.05) is 22.5 Å². The van der Waals surface area contributed by atoms with Crippen molar-refractivity contribution in [3.8, 4) is 0 Å². The molecule has 0 N–H and O–H groups in total. The SMILES string of the molecule is O=C(Cc1c(Br)cc(C(F)(C(F)(F)F)C(F)(F)F)cc1C(F)(F)F)c1cccc([N+](=O)[O-])c1F. The third kappa shape index (κ3) is 4.86. The van der Waals surface area contributed by atoms with E-state index in [1.807, 2.05) is 0 Å². The van der Waals surface area contributed by atoms with Gasteiger partial charge in [-0.2, -0.15) is 43.9 Å². The summed E-state index contributed by atoms with van der Waals surface area (Å²) in [5.74, 6) is -3.26. The quantitative estimate of drug-likeness (QED) is 0.164. The first-order valence-electron chi connectivity index (χ1n) is 8.42. The van der Waals surface area contributed by atoms with Gasteiger partial charge in [-0.15, -0.1) is 0 Å². The maximum Gasteiger partial charge on any atom is 0.435 e. The van der Waals surface area contributed by atoms with Crippen molar-refractivity contribution in [2.45, 2.75) is 30.6 Å². The summed E-state index contributed by atoms with van der Waals surface area (Å²) in [4.78, 5) is 21.9. The molecule has 0 fully saturated rings. The highest BCUT2D eigenvalue weighted by atomic mass is 79.9. The van der Waals surface area contributed by atoms with Gasteiger partial charge in [0.05, 0.1) is 16.1 Å². The number of alkyl halides is 10. The van der Waals surface area contributed by atoms with Crippen LogP contribution in [0.2, 0.25) is 0 Å². The first kappa shape index (κ1) is 27.5. The number of ketones is 1. The summed E-state index contributed by atoms with van der Waals surface area (Å²) in [6.07, 6.45) is -20.6. The Morgan fingerprint density at radius 2 is 1.47 bits per heavy atom. The number of rotatable bonds is 5. The molecule has 2 rings (SSSR count). The zero-order valence-electron chi connectivity index (χ0n) is 15.8. The molecule has 0 unspecified atom stereocenters. The van der Waals surface area contributed by atoms with E-state index < -0.39 is 85.6 Å². The summed E-state index contributed by atoms with van der Waals surface area (Å²) >= 11 is 2.32. The predicted octanol–water partition coefficient (Wildman–Crippen LogP) is 7.23. The van der Waals surface area contributed by atoms with Crippen molar-refractivity contribution in [2.75, 3.05) is 0 Å². The lowest BCUT2D eigenvalue weighted by Gasteiger charge is -2.31. The first-order chi connectivity index (χ1) is 15.2. The molecule has 34 heavy (non-hydrogen) atoms. The lowest BCUT2D eigenvalue weighted by molar-refractivity contribution is -0.387. The molecule has 4 nitrogen and oxygen atoms in total. The molecule has 0 aromatic heterocycles. The van der Waals surface area contributed by atoms with Crippen LogP contribution in [0.5, 0.6) is 0 Å². The van der Waals surface area contributed by atoms with Crippen LogP contribution in [0.1, 0.15) is 27.0 Å². The number of carbonyl (C=O) groups excluding carboxylic acids is 1. The molecule has 0 bridgehead atoms. The van der Waals surface area contributed by atoms with Crippen LogP contribution >= 0.6 is 15.9 Å². The molecule has 0 aliphatic rings. The van der Waals surface area contributed by atoms with E-state index >= 15 is 0 Å². The molecule has 0 radical (unpaired) electrons. The van der Waals surface area contributed by atoms with E-state index in [1.54, 1.807) is 0 Å². The molecule has 0 aliphatic heterocycles. The highest BCUT2D eigenvalue weighted by molar-refractivity contribution is 9.10. The number of benzene rings is 2. The third-order valence-corrected chi connectivity index (χ3v) is 5.20. The number of nitro benzene ring substituents is 1. The molecular formula is C18H7BrF11NO3. The molecule has 0 heterocycles. The van der Waals surface area contributed by atoms with Crippen LogP contribution in [-0.4, -0.2) is 23.1 Å². The summed E-state index contributed by atoms with van der Waals surface area (Å²) in [6, 6.07) is 1.13. The van der Waals surface area contributed by atoms with Crippen molar-refractivity contribution in [1.29, 1.82) is 0 Å². The Morgan fingerprint density at radius 3 is 1.91 bits per heavy atom. The molecule has 186 valence electrons. The summed E-state index contributed by atoms with van der Waals surface area (Å²) in [6.45, 7) is 0. The van der Waals surface area contributed by atoms with Gasteiger partial charge in [0.15, 0.2) is 5.78 Å². The first-order valence-corrected chi connectivity index (χ1v) is 9.21. The Labute approximate surface area is 189 Å². The Kier molecular flexibility index (Phi) is 7.09. The normalized spacial score (nSPS) is 13.2. The number of hydrogen-bond donors (Lipinski definition) is 0. The van der Waals surface area contributed by atoms with Crippen molar-refractivity contribution in [1.82, 2.24) is 0 Å². The molecule has 16 heteroatoms. The van der Waals surface area contributed by atoms with Crippen LogP contribution in [0.3, 0.4) is 0 Å². The largest absolute Gasteiger partial charge is 0.435 e. The van der Waals surface area contributed by atoms with E-state index in [0.717, 1.165) is 6.07 Å². The van der Waals surface area contributed by atoms with Crippen LogP contribution in [0.4, 0.5) is 54.0 Å². The maximum absolute atomic E-state index is 14.3. The summed E-state index contributed by atoms with van der Waals surface area (Å²) in [7, 11) is 0. The topological polar surface area (TPSA) is 60.2 Å². The third-order valence-electron chi connectivity index (χ3n) is 4.49. The van der Waals surface area contributed by atoms with E-state index in [-0.39, 0.29) is 6.07 Å². The molecule has 2 aromatic carbocycles. The second-order valence-corrected chi connectivity index (χ2v) is 7.49. The van der Waals surface area contributed by atoms with Gasteiger partial charge in [-0.3, -0.25) is 14.9 Å². The molecule has 0 spiro atoms. The Balaban J connectivity index is 2.72. The highest BCUT2D eigenvalue weighted by Gasteiger charge is 2.73. The van der Waals surface area contributed by atoms with Crippen molar-refractivity contribution in [3.63, 3.8) is 0 Å². The second kappa shape index (κ2) is 8.78. The van der Waals surface area contributed by atoms with Crippen molar-refractivity contribution in [3.05, 3.63) is 73.0 Å². The maximum atomic E-state index is 14.3. The predicted molar refractivity (Wildman–Crippen MR) is 95.1 cm³/mol. The zero-order valence-corrected chi connectivity index (χ0v) is 17.4. The lowest BCUT2D eigenvalue weighted by Crippen LogP contribution is -2.50. The smallest absolute Gasteiger partial charge is 0.294 e. The molecule has 0 atom stereocenters. The van der Waals surface area contributed by atoms with E-state index in [0.29, 0.717) is 12.1 Å². The van der Waals surface area contributed by atoms with E-state index in [4.69, 9.17) is 0 Å². The lowest BCUT2D eigenvalue weighted by atomic mass is 9.89. The summed E-state index contributed by atoms with van der Waals surface area (Å²) < 4.78 is 146. The second-order valence-electron chi connectivity index (χ2n) is 6.63.